The first kappa shape index (κ1) is 13.2. The summed E-state index contributed by atoms with van der Waals surface area (Å²) in [5.41, 5.74) is 1.01. The number of halogens is 1. The van der Waals surface area contributed by atoms with Crippen LogP contribution in [0.15, 0.2) is 24.4 Å². The largest absolute Gasteiger partial charge is 0.381 e. The van der Waals surface area contributed by atoms with Gasteiger partial charge in [-0.3, -0.25) is 0 Å². The van der Waals surface area contributed by atoms with E-state index in [1.54, 1.807) is 6.07 Å². The maximum Gasteiger partial charge on any atom is 0.136 e. The zero-order chi connectivity index (χ0) is 14.1. The lowest BCUT2D eigenvalue weighted by Crippen LogP contribution is -2.23. The number of rotatable bonds is 5. The molecule has 1 aliphatic carbocycles. The molecule has 106 valence electrons. The van der Waals surface area contributed by atoms with Gasteiger partial charge in [-0.1, -0.05) is 0 Å². The van der Waals surface area contributed by atoms with E-state index in [1.807, 2.05) is 12.3 Å². The lowest BCUT2D eigenvalue weighted by molar-refractivity contribution is 0.629. The summed E-state index contributed by atoms with van der Waals surface area (Å²) >= 11 is 0. The second-order valence-corrected chi connectivity index (χ2v) is 5.28. The van der Waals surface area contributed by atoms with Crippen molar-refractivity contribution in [2.75, 3.05) is 23.3 Å². The van der Waals surface area contributed by atoms with Crippen LogP contribution in [0, 0.1) is 5.82 Å². The number of benzene rings is 1. The van der Waals surface area contributed by atoms with Crippen molar-refractivity contribution >= 4 is 22.3 Å². The molecule has 3 rings (SSSR count). The topological polar surface area (TPSA) is 28.2 Å². The molecule has 1 aromatic heterocycles. The van der Waals surface area contributed by atoms with Crippen LogP contribution in [0.2, 0.25) is 0 Å². The third-order valence-electron chi connectivity index (χ3n) is 3.83. The van der Waals surface area contributed by atoms with Crippen LogP contribution >= 0.6 is 0 Å². The molecule has 2 aromatic rings. The molecule has 0 amide bonds. The summed E-state index contributed by atoms with van der Waals surface area (Å²) in [6.07, 6.45) is 4.30. The van der Waals surface area contributed by atoms with Crippen molar-refractivity contribution in [2.24, 2.45) is 0 Å². The molecule has 0 atom stereocenters. The fourth-order valence-electron chi connectivity index (χ4n) is 2.54. The van der Waals surface area contributed by atoms with Gasteiger partial charge in [0.2, 0.25) is 0 Å². The Hall–Kier alpha value is -1.84. The van der Waals surface area contributed by atoms with Crippen molar-refractivity contribution < 1.29 is 4.39 Å². The van der Waals surface area contributed by atoms with Crippen molar-refractivity contribution in [3.05, 3.63) is 30.2 Å². The quantitative estimate of drug-likeness (QED) is 0.898. The Balaban J connectivity index is 2.13. The number of anilines is 2. The molecule has 1 heterocycles. The van der Waals surface area contributed by atoms with Gasteiger partial charge in [0.1, 0.15) is 11.6 Å². The molecule has 1 N–H and O–H groups in total. The SMILES string of the molecule is CCN(CC)c1ncc(NC2CC2)c2ccc(F)cc12. The van der Waals surface area contributed by atoms with Crippen LogP contribution in [0.3, 0.4) is 0 Å². The molecule has 0 spiro atoms. The number of fused-ring (bicyclic) bond motifs is 1. The van der Waals surface area contributed by atoms with Gasteiger partial charge in [-0.05, 0) is 44.9 Å². The Kier molecular flexibility index (Phi) is 3.47. The lowest BCUT2D eigenvalue weighted by Gasteiger charge is -2.22. The van der Waals surface area contributed by atoms with E-state index in [1.165, 1.54) is 18.9 Å². The zero-order valence-corrected chi connectivity index (χ0v) is 12.0. The summed E-state index contributed by atoms with van der Waals surface area (Å²) < 4.78 is 13.6. The van der Waals surface area contributed by atoms with E-state index in [9.17, 15) is 4.39 Å². The molecule has 0 unspecified atom stereocenters. The fourth-order valence-corrected chi connectivity index (χ4v) is 2.54. The van der Waals surface area contributed by atoms with E-state index < -0.39 is 0 Å². The van der Waals surface area contributed by atoms with Crippen LogP contribution < -0.4 is 10.2 Å². The summed E-state index contributed by atoms with van der Waals surface area (Å²) in [6.45, 7) is 5.91. The Bertz CT molecular complexity index is 618. The fraction of sp³-hybridized carbons (Fsp3) is 0.438. The molecular weight excluding hydrogens is 253 g/mol. The predicted octanol–water partition coefficient (Wildman–Crippen LogP) is 3.79. The number of aromatic nitrogens is 1. The lowest BCUT2D eigenvalue weighted by atomic mass is 10.1. The van der Waals surface area contributed by atoms with Crippen molar-refractivity contribution in [3.63, 3.8) is 0 Å². The summed E-state index contributed by atoms with van der Waals surface area (Å²) in [4.78, 5) is 6.72. The maximum atomic E-state index is 13.6. The van der Waals surface area contributed by atoms with E-state index in [2.05, 4.69) is 29.0 Å². The van der Waals surface area contributed by atoms with Crippen molar-refractivity contribution in [1.82, 2.24) is 4.98 Å². The Morgan fingerprint density at radius 1 is 1.25 bits per heavy atom. The normalized spacial score (nSPS) is 14.6. The smallest absolute Gasteiger partial charge is 0.136 e. The van der Waals surface area contributed by atoms with Gasteiger partial charge in [-0.2, -0.15) is 0 Å². The first-order valence-corrected chi connectivity index (χ1v) is 7.32. The number of hydrogen-bond donors (Lipinski definition) is 1. The van der Waals surface area contributed by atoms with E-state index in [4.69, 9.17) is 0 Å². The van der Waals surface area contributed by atoms with Gasteiger partial charge < -0.3 is 10.2 Å². The summed E-state index contributed by atoms with van der Waals surface area (Å²) in [7, 11) is 0. The standard InChI is InChI=1S/C16H20FN3/c1-3-20(4-2)16-14-9-11(17)5-8-13(14)15(10-18-16)19-12-6-7-12/h5,8-10,12,19H,3-4,6-7H2,1-2H3. The van der Waals surface area contributed by atoms with Crippen molar-refractivity contribution in [2.45, 2.75) is 32.7 Å². The highest BCUT2D eigenvalue weighted by molar-refractivity contribution is 6.00. The summed E-state index contributed by atoms with van der Waals surface area (Å²) in [5, 5.41) is 5.42. The van der Waals surface area contributed by atoms with Crippen molar-refractivity contribution in [3.8, 4) is 0 Å². The number of nitrogens with zero attached hydrogens (tertiary/aromatic N) is 2. The molecule has 1 aromatic carbocycles. The third kappa shape index (κ3) is 2.42. The van der Waals surface area contributed by atoms with Gasteiger partial charge in [0.15, 0.2) is 0 Å². The minimum Gasteiger partial charge on any atom is -0.381 e. The van der Waals surface area contributed by atoms with Gasteiger partial charge in [0, 0.05) is 29.9 Å². The molecule has 0 bridgehead atoms. The highest BCUT2D eigenvalue weighted by Crippen LogP contribution is 2.33. The summed E-state index contributed by atoms with van der Waals surface area (Å²) in [6, 6.07) is 5.52. The Labute approximate surface area is 118 Å². The summed E-state index contributed by atoms with van der Waals surface area (Å²) in [5.74, 6) is 0.655. The highest BCUT2D eigenvalue weighted by atomic mass is 19.1. The molecule has 0 saturated heterocycles. The molecule has 3 nitrogen and oxygen atoms in total. The van der Waals surface area contributed by atoms with Crippen LogP contribution in [0.5, 0.6) is 0 Å². The molecule has 20 heavy (non-hydrogen) atoms. The molecule has 0 radical (unpaired) electrons. The highest BCUT2D eigenvalue weighted by Gasteiger charge is 2.22. The molecular formula is C16H20FN3. The number of pyridine rings is 1. The predicted molar refractivity (Wildman–Crippen MR) is 81.9 cm³/mol. The molecule has 1 saturated carbocycles. The van der Waals surface area contributed by atoms with E-state index in [0.717, 1.165) is 35.4 Å². The second-order valence-electron chi connectivity index (χ2n) is 5.28. The van der Waals surface area contributed by atoms with Crippen LogP contribution in [-0.4, -0.2) is 24.1 Å². The third-order valence-corrected chi connectivity index (χ3v) is 3.83. The van der Waals surface area contributed by atoms with E-state index >= 15 is 0 Å². The van der Waals surface area contributed by atoms with Gasteiger partial charge in [0.05, 0.1) is 11.9 Å². The second kappa shape index (κ2) is 5.27. The van der Waals surface area contributed by atoms with Crippen LogP contribution in [0.1, 0.15) is 26.7 Å². The molecule has 1 fully saturated rings. The van der Waals surface area contributed by atoms with Gasteiger partial charge in [-0.15, -0.1) is 0 Å². The van der Waals surface area contributed by atoms with Crippen LogP contribution in [-0.2, 0) is 0 Å². The first-order valence-electron chi connectivity index (χ1n) is 7.32. The average molecular weight is 273 g/mol. The van der Waals surface area contributed by atoms with Crippen LogP contribution in [0.4, 0.5) is 15.9 Å². The van der Waals surface area contributed by atoms with Gasteiger partial charge in [-0.25, -0.2) is 9.37 Å². The van der Waals surface area contributed by atoms with E-state index in [0.29, 0.717) is 6.04 Å². The van der Waals surface area contributed by atoms with Crippen LogP contribution in [0.25, 0.3) is 10.8 Å². The molecule has 0 aliphatic heterocycles. The monoisotopic (exact) mass is 273 g/mol. The maximum absolute atomic E-state index is 13.6. The number of nitrogens with one attached hydrogen (secondary N) is 1. The first-order chi connectivity index (χ1) is 9.72. The number of hydrogen-bond acceptors (Lipinski definition) is 3. The zero-order valence-electron chi connectivity index (χ0n) is 12.0. The van der Waals surface area contributed by atoms with Crippen molar-refractivity contribution in [1.29, 1.82) is 0 Å². The van der Waals surface area contributed by atoms with Gasteiger partial charge >= 0.3 is 0 Å². The minimum absolute atomic E-state index is 0.212. The van der Waals surface area contributed by atoms with E-state index in [-0.39, 0.29) is 5.82 Å². The molecule has 4 heteroatoms. The Morgan fingerprint density at radius 2 is 2.00 bits per heavy atom. The Morgan fingerprint density at radius 3 is 2.65 bits per heavy atom. The average Bonchev–Trinajstić information content (AvgIpc) is 3.26. The van der Waals surface area contributed by atoms with Gasteiger partial charge in [0.25, 0.3) is 0 Å². The minimum atomic E-state index is -0.212. The molecule has 1 aliphatic rings.